The minimum absolute atomic E-state index is 0.128. The van der Waals surface area contributed by atoms with Crippen LogP contribution in [0.25, 0.3) is 0 Å². The van der Waals surface area contributed by atoms with Gasteiger partial charge in [0.25, 0.3) is 5.91 Å². The molecule has 2 N–H and O–H groups in total. The first-order valence-electron chi connectivity index (χ1n) is 6.55. The quantitative estimate of drug-likeness (QED) is 0.637. The van der Waals surface area contributed by atoms with Crippen LogP contribution in [-0.4, -0.2) is 22.8 Å². The number of carbonyl (C=O) groups is 2. The number of hydrogen-bond donors (Lipinski definition) is 1. The molecule has 5 heteroatoms. The molecule has 4 saturated carbocycles. The summed E-state index contributed by atoms with van der Waals surface area (Å²) in [5, 5.41) is 0. The van der Waals surface area contributed by atoms with Crippen LogP contribution >= 0.6 is 15.9 Å². The van der Waals surface area contributed by atoms with E-state index in [2.05, 4.69) is 15.9 Å². The van der Waals surface area contributed by atoms with Crippen LogP contribution in [0.1, 0.15) is 38.5 Å². The number of rotatable bonds is 3. The van der Waals surface area contributed by atoms with Gasteiger partial charge in [-0.15, -0.1) is 0 Å². The van der Waals surface area contributed by atoms with Crippen LogP contribution in [0.4, 0.5) is 0 Å². The number of nitrogens with two attached hydrogens (primary N) is 1. The van der Waals surface area contributed by atoms with Crippen LogP contribution in [0.3, 0.4) is 0 Å². The number of esters is 1. The Morgan fingerprint density at radius 3 is 2.33 bits per heavy atom. The van der Waals surface area contributed by atoms with E-state index in [1.165, 1.54) is 19.3 Å². The molecule has 0 aromatic carbocycles. The smallest absolute Gasteiger partial charge is 0.312 e. The van der Waals surface area contributed by atoms with Gasteiger partial charge in [-0.05, 0) is 50.4 Å². The first-order chi connectivity index (χ1) is 8.41. The molecule has 0 aromatic heterocycles. The molecule has 0 aromatic rings. The highest BCUT2D eigenvalue weighted by Crippen LogP contribution is 2.64. The highest BCUT2D eigenvalue weighted by Gasteiger charge is 2.60. The minimum atomic E-state index is -0.582. The molecule has 0 unspecified atom stereocenters. The van der Waals surface area contributed by atoms with E-state index < -0.39 is 5.91 Å². The molecule has 4 rings (SSSR count). The molecule has 4 nitrogen and oxygen atoms in total. The Labute approximate surface area is 115 Å². The second kappa shape index (κ2) is 3.95. The Balaban J connectivity index is 1.78. The summed E-state index contributed by atoms with van der Waals surface area (Å²) in [7, 11) is 0. The molecule has 100 valence electrons. The van der Waals surface area contributed by atoms with Gasteiger partial charge in [-0.3, -0.25) is 9.59 Å². The standard InChI is InChI=1S/C13H18BrNO3/c14-13-4-8-1-9(5-13)3-12(2-8,7-13)11(17)18-6-10(15)16/h8-9H,1-7H2,(H2,15,16)/t8-,9-,12?,13?/m1/s1. The van der Waals surface area contributed by atoms with Gasteiger partial charge in [0.1, 0.15) is 0 Å². The van der Waals surface area contributed by atoms with E-state index in [1.54, 1.807) is 0 Å². The highest BCUT2D eigenvalue weighted by molar-refractivity contribution is 9.10. The fraction of sp³-hybridized carbons (Fsp3) is 0.846. The molecule has 2 atom stereocenters. The van der Waals surface area contributed by atoms with Gasteiger partial charge in [-0.2, -0.15) is 0 Å². The lowest BCUT2D eigenvalue weighted by atomic mass is 9.49. The molecule has 18 heavy (non-hydrogen) atoms. The second-order valence-electron chi connectivity index (χ2n) is 6.43. The molecular weight excluding hydrogens is 298 g/mol. The molecule has 0 aliphatic heterocycles. The third-order valence-electron chi connectivity index (χ3n) is 4.77. The first-order valence-corrected chi connectivity index (χ1v) is 7.35. The zero-order valence-corrected chi connectivity index (χ0v) is 11.9. The zero-order chi connectivity index (χ0) is 13.0. The lowest BCUT2D eigenvalue weighted by molar-refractivity contribution is -0.170. The fourth-order valence-corrected chi connectivity index (χ4v) is 6.13. The Kier molecular flexibility index (Phi) is 2.74. The van der Waals surface area contributed by atoms with Crippen molar-refractivity contribution < 1.29 is 14.3 Å². The molecule has 0 saturated heterocycles. The molecule has 4 fully saturated rings. The van der Waals surface area contributed by atoms with Crippen LogP contribution in [0, 0.1) is 17.3 Å². The summed E-state index contributed by atoms with van der Waals surface area (Å²) < 4.78 is 5.23. The van der Waals surface area contributed by atoms with E-state index >= 15 is 0 Å². The number of alkyl halides is 1. The summed E-state index contributed by atoms with van der Waals surface area (Å²) >= 11 is 3.84. The Hall–Kier alpha value is -0.580. The van der Waals surface area contributed by atoms with Gasteiger partial charge in [0.15, 0.2) is 6.61 Å². The number of amides is 1. The van der Waals surface area contributed by atoms with Crippen molar-refractivity contribution in [3.05, 3.63) is 0 Å². The monoisotopic (exact) mass is 315 g/mol. The fourth-order valence-electron chi connectivity index (χ4n) is 4.68. The normalized spacial score (nSPS) is 44.9. The Morgan fingerprint density at radius 1 is 1.22 bits per heavy atom. The lowest BCUT2D eigenvalue weighted by Gasteiger charge is -2.58. The molecule has 0 radical (unpaired) electrons. The average molecular weight is 316 g/mol. The summed E-state index contributed by atoms with van der Waals surface area (Å²) in [5.41, 5.74) is 4.67. The Morgan fingerprint density at radius 2 is 1.83 bits per heavy atom. The maximum absolute atomic E-state index is 12.3. The third kappa shape index (κ3) is 1.96. The molecule has 4 aliphatic rings. The van der Waals surface area contributed by atoms with Crippen LogP contribution < -0.4 is 5.73 Å². The van der Waals surface area contributed by atoms with E-state index in [9.17, 15) is 9.59 Å². The number of carbonyl (C=O) groups excluding carboxylic acids is 2. The summed E-state index contributed by atoms with van der Waals surface area (Å²) in [5.74, 6) is 0.472. The largest absolute Gasteiger partial charge is 0.455 e. The van der Waals surface area contributed by atoms with Gasteiger partial charge in [0.05, 0.1) is 5.41 Å². The van der Waals surface area contributed by atoms with E-state index in [0.717, 1.165) is 19.3 Å². The average Bonchev–Trinajstić information content (AvgIpc) is 2.22. The maximum atomic E-state index is 12.3. The molecule has 0 heterocycles. The van der Waals surface area contributed by atoms with Crippen molar-refractivity contribution in [1.82, 2.24) is 0 Å². The molecule has 0 spiro atoms. The van der Waals surface area contributed by atoms with E-state index in [0.29, 0.717) is 11.8 Å². The summed E-state index contributed by atoms with van der Waals surface area (Å²) in [6, 6.07) is 0. The van der Waals surface area contributed by atoms with Gasteiger partial charge in [-0.1, -0.05) is 15.9 Å². The molecule has 1 amide bonds. The highest BCUT2D eigenvalue weighted by atomic mass is 79.9. The number of ether oxygens (including phenoxy) is 1. The van der Waals surface area contributed by atoms with Gasteiger partial charge < -0.3 is 10.5 Å². The van der Waals surface area contributed by atoms with Crippen LogP contribution in [0.15, 0.2) is 0 Å². The number of halogens is 1. The van der Waals surface area contributed by atoms with Gasteiger partial charge in [-0.25, -0.2) is 0 Å². The predicted molar refractivity (Wildman–Crippen MR) is 68.9 cm³/mol. The zero-order valence-electron chi connectivity index (χ0n) is 10.3. The number of primary amides is 1. The van der Waals surface area contributed by atoms with Crippen LogP contribution in [0.5, 0.6) is 0 Å². The van der Waals surface area contributed by atoms with Gasteiger partial charge in [0.2, 0.25) is 0 Å². The van der Waals surface area contributed by atoms with Crippen molar-refractivity contribution in [2.45, 2.75) is 42.8 Å². The van der Waals surface area contributed by atoms with Crippen LogP contribution in [-0.2, 0) is 14.3 Å². The van der Waals surface area contributed by atoms with E-state index in [-0.39, 0.29) is 22.3 Å². The van der Waals surface area contributed by atoms with Crippen molar-refractivity contribution >= 4 is 27.8 Å². The lowest BCUT2D eigenvalue weighted by Crippen LogP contribution is -2.56. The van der Waals surface area contributed by atoms with E-state index in [4.69, 9.17) is 10.5 Å². The predicted octanol–water partition coefficient (Wildman–Crippen LogP) is 1.75. The van der Waals surface area contributed by atoms with Gasteiger partial charge >= 0.3 is 5.97 Å². The van der Waals surface area contributed by atoms with Crippen molar-refractivity contribution in [3.63, 3.8) is 0 Å². The summed E-state index contributed by atoms with van der Waals surface area (Å²) in [4.78, 5) is 23.0. The second-order valence-corrected chi connectivity index (χ2v) is 8.12. The topological polar surface area (TPSA) is 69.4 Å². The van der Waals surface area contributed by atoms with Crippen LogP contribution in [0.2, 0.25) is 0 Å². The number of hydrogen-bond acceptors (Lipinski definition) is 3. The van der Waals surface area contributed by atoms with Crippen molar-refractivity contribution in [3.8, 4) is 0 Å². The maximum Gasteiger partial charge on any atom is 0.312 e. The Bertz CT molecular complexity index is 395. The molecular formula is C13H18BrNO3. The summed E-state index contributed by atoms with van der Waals surface area (Å²) in [6.45, 7) is -0.287. The van der Waals surface area contributed by atoms with Gasteiger partial charge in [0, 0.05) is 4.32 Å². The SMILES string of the molecule is NC(=O)COC(=O)C12C[C@H]3C[C@@H](CC(Br)(C3)C1)C2. The van der Waals surface area contributed by atoms with Crippen molar-refractivity contribution in [2.75, 3.05) is 6.61 Å². The summed E-state index contributed by atoms with van der Waals surface area (Å²) in [6.07, 6.45) is 6.30. The first kappa shape index (κ1) is 12.5. The van der Waals surface area contributed by atoms with Crippen molar-refractivity contribution in [2.24, 2.45) is 23.0 Å². The van der Waals surface area contributed by atoms with E-state index in [1.807, 2.05) is 0 Å². The van der Waals surface area contributed by atoms with Crippen molar-refractivity contribution in [1.29, 1.82) is 0 Å². The third-order valence-corrected chi connectivity index (χ3v) is 5.70. The molecule has 4 aliphatic carbocycles. The molecule has 4 bridgehead atoms. The minimum Gasteiger partial charge on any atom is -0.455 e.